The molecule has 1 unspecified atom stereocenters. The number of hydrogen-bond acceptors (Lipinski definition) is 4. The van der Waals surface area contributed by atoms with Crippen LogP contribution in [0.5, 0.6) is 11.5 Å². The molecule has 0 radical (unpaired) electrons. The van der Waals surface area contributed by atoms with Crippen LogP contribution in [-0.4, -0.2) is 31.2 Å². The summed E-state index contributed by atoms with van der Waals surface area (Å²) in [6.45, 7) is 1.14. The van der Waals surface area contributed by atoms with Crippen LogP contribution < -0.4 is 15.4 Å². The van der Waals surface area contributed by atoms with Crippen molar-refractivity contribution >= 4 is 5.91 Å². The Hall–Kier alpha value is -1.75. The normalized spacial score (nSPS) is 17.4. The number of carbonyl (C=O) groups is 1. The van der Waals surface area contributed by atoms with Crippen molar-refractivity contribution in [2.45, 2.75) is 12.5 Å². The van der Waals surface area contributed by atoms with Gasteiger partial charge in [0.25, 0.3) is 0 Å². The molecular weight excluding hydrogens is 220 g/mol. The van der Waals surface area contributed by atoms with Crippen molar-refractivity contribution in [2.75, 3.05) is 20.2 Å². The van der Waals surface area contributed by atoms with Crippen molar-refractivity contribution in [3.8, 4) is 11.5 Å². The molecule has 1 aliphatic rings. The summed E-state index contributed by atoms with van der Waals surface area (Å²) in [6.07, 6.45) is 0.445. The Morgan fingerprint density at radius 2 is 2.41 bits per heavy atom. The van der Waals surface area contributed by atoms with Gasteiger partial charge in [-0.2, -0.15) is 0 Å². The van der Waals surface area contributed by atoms with Crippen LogP contribution in [0, 0.1) is 0 Å². The minimum atomic E-state index is 0.0161. The fourth-order valence-electron chi connectivity index (χ4n) is 1.85. The van der Waals surface area contributed by atoms with Gasteiger partial charge in [-0.1, -0.05) is 0 Å². The number of carbonyl (C=O) groups excluding carboxylic acids is 1. The molecule has 0 saturated carbocycles. The van der Waals surface area contributed by atoms with E-state index in [2.05, 4.69) is 10.6 Å². The number of aromatic hydroxyl groups is 1. The largest absolute Gasteiger partial charge is 0.508 e. The molecule has 0 saturated heterocycles. The maximum atomic E-state index is 11.1. The number of benzene rings is 1. The average Bonchev–Trinajstić information content (AvgIpc) is 2.71. The lowest BCUT2D eigenvalue weighted by Gasteiger charge is -2.10. The van der Waals surface area contributed by atoms with E-state index in [-0.39, 0.29) is 17.7 Å². The maximum absolute atomic E-state index is 11.1. The number of fused-ring (bicyclic) bond motifs is 1. The van der Waals surface area contributed by atoms with Crippen LogP contribution in [0.4, 0.5) is 0 Å². The molecule has 0 fully saturated rings. The molecule has 0 bridgehead atoms. The zero-order chi connectivity index (χ0) is 12.3. The number of phenols is 1. The quantitative estimate of drug-likeness (QED) is 0.714. The van der Waals surface area contributed by atoms with E-state index in [0.29, 0.717) is 25.3 Å². The zero-order valence-corrected chi connectivity index (χ0v) is 9.69. The Labute approximate surface area is 99.8 Å². The third-order valence-corrected chi connectivity index (χ3v) is 2.80. The minimum Gasteiger partial charge on any atom is -0.508 e. The predicted molar refractivity (Wildman–Crippen MR) is 63.0 cm³/mol. The van der Waals surface area contributed by atoms with Crippen LogP contribution in [-0.2, 0) is 4.79 Å². The molecule has 0 aromatic heterocycles. The number of hydrogen-bond donors (Lipinski definition) is 3. The molecule has 0 aliphatic carbocycles. The second kappa shape index (κ2) is 5.05. The van der Waals surface area contributed by atoms with E-state index in [1.807, 2.05) is 6.07 Å². The number of amides is 1. The van der Waals surface area contributed by atoms with Gasteiger partial charge in [-0.05, 0) is 12.1 Å². The van der Waals surface area contributed by atoms with Gasteiger partial charge in [0.05, 0.1) is 6.04 Å². The van der Waals surface area contributed by atoms with Crippen LogP contribution in [0.3, 0.4) is 0 Å². The van der Waals surface area contributed by atoms with Crippen molar-refractivity contribution in [1.82, 2.24) is 10.6 Å². The molecule has 5 nitrogen and oxygen atoms in total. The molecule has 1 aromatic carbocycles. The molecule has 2 rings (SSSR count). The summed E-state index contributed by atoms with van der Waals surface area (Å²) in [7, 11) is 1.62. The highest BCUT2D eigenvalue weighted by Gasteiger charge is 2.23. The van der Waals surface area contributed by atoms with Gasteiger partial charge in [0, 0.05) is 31.6 Å². The van der Waals surface area contributed by atoms with E-state index < -0.39 is 0 Å². The average molecular weight is 236 g/mol. The van der Waals surface area contributed by atoms with Gasteiger partial charge in [-0.25, -0.2) is 0 Å². The summed E-state index contributed by atoms with van der Waals surface area (Å²) < 4.78 is 5.45. The fourth-order valence-corrected chi connectivity index (χ4v) is 1.85. The summed E-state index contributed by atoms with van der Waals surface area (Å²) in [4.78, 5) is 11.1. The highest BCUT2D eigenvalue weighted by molar-refractivity contribution is 5.75. The molecule has 1 heterocycles. The van der Waals surface area contributed by atoms with Gasteiger partial charge >= 0.3 is 0 Å². The molecule has 92 valence electrons. The lowest BCUT2D eigenvalue weighted by atomic mass is 10.1. The van der Waals surface area contributed by atoms with Crippen molar-refractivity contribution < 1.29 is 14.6 Å². The maximum Gasteiger partial charge on any atom is 0.221 e. The zero-order valence-electron chi connectivity index (χ0n) is 9.69. The first kappa shape index (κ1) is 11.7. The summed E-state index contributed by atoms with van der Waals surface area (Å²) in [5.41, 5.74) is 1.03. The van der Waals surface area contributed by atoms with E-state index in [9.17, 15) is 9.90 Å². The van der Waals surface area contributed by atoms with Crippen LogP contribution >= 0.6 is 0 Å². The minimum absolute atomic E-state index is 0.0161. The molecular formula is C12H16N2O3. The molecule has 5 heteroatoms. The Kier molecular flexibility index (Phi) is 3.49. The van der Waals surface area contributed by atoms with Gasteiger partial charge in [0.1, 0.15) is 18.1 Å². The predicted octanol–water partition coefficient (Wildman–Crippen LogP) is 0.551. The smallest absolute Gasteiger partial charge is 0.221 e. The molecule has 1 atom stereocenters. The first-order valence-corrected chi connectivity index (χ1v) is 5.60. The van der Waals surface area contributed by atoms with Crippen LogP contribution in [0.1, 0.15) is 18.0 Å². The van der Waals surface area contributed by atoms with Crippen molar-refractivity contribution in [2.24, 2.45) is 0 Å². The van der Waals surface area contributed by atoms with Crippen molar-refractivity contribution in [3.63, 3.8) is 0 Å². The van der Waals surface area contributed by atoms with Crippen LogP contribution in [0.15, 0.2) is 18.2 Å². The van der Waals surface area contributed by atoms with Crippen molar-refractivity contribution in [1.29, 1.82) is 0 Å². The van der Waals surface area contributed by atoms with E-state index in [0.717, 1.165) is 5.56 Å². The Balaban J connectivity index is 1.91. The highest BCUT2D eigenvalue weighted by atomic mass is 16.5. The summed E-state index contributed by atoms with van der Waals surface area (Å²) in [6, 6.07) is 5.18. The van der Waals surface area contributed by atoms with E-state index in [4.69, 9.17) is 4.74 Å². The van der Waals surface area contributed by atoms with E-state index >= 15 is 0 Å². The second-order valence-corrected chi connectivity index (χ2v) is 3.96. The topological polar surface area (TPSA) is 70.6 Å². The second-order valence-electron chi connectivity index (χ2n) is 3.96. The van der Waals surface area contributed by atoms with E-state index in [1.54, 1.807) is 19.2 Å². The SMILES string of the molecule is CNC(=O)CCNC1COc2cc(O)ccc21. The molecule has 1 aliphatic heterocycles. The molecule has 17 heavy (non-hydrogen) atoms. The summed E-state index contributed by atoms with van der Waals surface area (Å²) in [5, 5.41) is 15.1. The number of rotatable bonds is 4. The lowest BCUT2D eigenvalue weighted by molar-refractivity contribution is -0.120. The van der Waals surface area contributed by atoms with E-state index in [1.165, 1.54) is 0 Å². The Morgan fingerprint density at radius 3 is 3.18 bits per heavy atom. The molecule has 1 amide bonds. The molecule has 1 aromatic rings. The Morgan fingerprint density at radius 1 is 1.59 bits per heavy atom. The van der Waals surface area contributed by atoms with Crippen LogP contribution in [0.25, 0.3) is 0 Å². The summed E-state index contributed by atoms with van der Waals surface area (Å²) >= 11 is 0. The van der Waals surface area contributed by atoms with Gasteiger partial charge in [-0.15, -0.1) is 0 Å². The third kappa shape index (κ3) is 2.68. The van der Waals surface area contributed by atoms with Gasteiger partial charge < -0.3 is 20.5 Å². The number of ether oxygens (including phenoxy) is 1. The first-order valence-electron chi connectivity index (χ1n) is 5.60. The number of phenolic OH excluding ortho intramolecular Hbond substituents is 1. The monoisotopic (exact) mass is 236 g/mol. The van der Waals surface area contributed by atoms with Crippen molar-refractivity contribution in [3.05, 3.63) is 23.8 Å². The molecule has 3 N–H and O–H groups in total. The lowest BCUT2D eigenvalue weighted by Crippen LogP contribution is -2.28. The summed E-state index contributed by atoms with van der Waals surface area (Å²) in [5.74, 6) is 0.930. The van der Waals surface area contributed by atoms with Gasteiger partial charge in [0.15, 0.2) is 0 Å². The fraction of sp³-hybridized carbons (Fsp3) is 0.417. The first-order chi connectivity index (χ1) is 8.20. The third-order valence-electron chi connectivity index (χ3n) is 2.80. The molecule has 0 spiro atoms. The standard InChI is InChI=1S/C12H16N2O3/c1-13-12(16)4-5-14-10-7-17-11-6-8(15)2-3-9(10)11/h2-3,6,10,14-15H,4-5,7H2,1H3,(H,13,16). The highest BCUT2D eigenvalue weighted by Crippen LogP contribution is 2.34. The number of nitrogens with one attached hydrogen (secondary N) is 2. The Bertz CT molecular complexity index is 420. The van der Waals surface area contributed by atoms with Gasteiger partial charge in [0.2, 0.25) is 5.91 Å². The van der Waals surface area contributed by atoms with Gasteiger partial charge in [-0.3, -0.25) is 4.79 Å². The van der Waals surface area contributed by atoms with Crippen LogP contribution in [0.2, 0.25) is 0 Å².